The molecule has 2 amide bonds. The van der Waals surface area contributed by atoms with E-state index in [-0.39, 0.29) is 29.6 Å². The van der Waals surface area contributed by atoms with E-state index in [0.717, 1.165) is 42.6 Å². The molecule has 0 heterocycles. The largest absolute Gasteiger partial charge is 0.465 e. The van der Waals surface area contributed by atoms with Gasteiger partial charge in [0.1, 0.15) is 0 Å². The predicted molar refractivity (Wildman–Crippen MR) is 108 cm³/mol. The van der Waals surface area contributed by atoms with Crippen LogP contribution in [0.1, 0.15) is 60.9 Å². The van der Waals surface area contributed by atoms with Gasteiger partial charge in [-0.15, -0.1) is 0 Å². The minimum atomic E-state index is -0.379. The number of benzene rings is 1. The molecule has 0 saturated heterocycles. The summed E-state index contributed by atoms with van der Waals surface area (Å²) < 4.78 is 4.67. The lowest BCUT2D eigenvalue weighted by atomic mass is 9.49. The van der Waals surface area contributed by atoms with Crippen LogP contribution in [0.4, 0.5) is 0 Å². The molecular formula is C23H30N2O4. The first-order chi connectivity index (χ1) is 14.0. The number of rotatable bonds is 7. The summed E-state index contributed by atoms with van der Waals surface area (Å²) in [5, 5.41) is 5.91. The van der Waals surface area contributed by atoms with Crippen molar-refractivity contribution in [1.82, 2.24) is 10.6 Å². The number of esters is 1. The van der Waals surface area contributed by atoms with Crippen molar-refractivity contribution in [1.29, 1.82) is 0 Å². The quantitative estimate of drug-likeness (QED) is 0.692. The van der Waals surface area contributed by atoms with E-state index in [2.05, 4.69) is 15.4 Å². The Hall–Kier alpha value is -2.37. The summed E-state index contributed by atoms with van der Waals surface area (Å²) in [7, 11) is 1.35. The minimum Gasteiger partial charge on any atom is -0.465 e. The van der Waals surface area contributed by atoms with Crippen LogP contribution in [0.5, 0.6) is 0 Å². The molecule has 1 aromatic rings. The van der Waals surface area contributed by atoms with Crippen LogP contribution < -0.4 is 10.6 Å². The first kappa shape index (κ1) is 19.9. The molecule has 6 nitrogen and oxygen atoms in total. The van der Waals surface area contributed by atoms with E-state index in [1.165, 1.54) is 26.4 Å². The third-order valence-corrected chi connectivity index (χ3v) is 7.02. The fourth-order valence-corrected chi connectivity index (χ4v) is 6.03. The van der Waals surface area contributed by atoms with Crippen LogP contribution in [0.15, 0.2) is 24.3 Å². The highest BCUT2D eigenvalue weighted by atomic mass is 16.5. The Bertz CT molecular complexity index is 751. The maximum Gasteiger partial charge on any atom is 0.337 e. The van der Waals surface area contributed by atoms with E-state index in [0.29, 0.717) is 18.7 Å². The van der Waals surface area contributed by atoms with Crippen molar-refractivity contribution < 1.29 is 19.1 Å². The van der Waals surface area contributed by atoms with E-state index in [1.54, 1.807) is 24.3 Å². The summed E-state index contributed by atoms with van der Waals surface area (Å²) in [6.07, 6.45) is 7.34. The maximum absolute atomic E-state index is 12.9. The van der Waals surface area contributed by atoms with Gasteiger partial charge >= 0.3 is 5.97 Å². The van der Waals surface area contributed by atoms with Crippen LogP contribution in [0.25, 0.3) is 0 Å². The highest BCUT2D eigenvalue weighted by Crippen LogP contribution is 2.60. The second kappa shape index (κ2) is 8.17. The van der Waals surface area contributed by atoms with Gasteiger partial charge in [0, 0.05) is 24.9 Å². The number of methoxy groups -OCH3 is 1. The first-order valence-electron chi connectivity index (χ1n) is 10.7. The average molecular weight is 399 g/mol. The Labute approximate surface area is 171 Å². The van der Waals surface area contributed by atoms with Crippen molar-refractivity contribution in [3.8, 4) is 0 Å². The highest BCUT2D eigenvalue weighted by Gasteiger charge is 2.54. The summed E-state index contributed by atoms with van der Waals surface area (Å²) >= 11 is 0. The molecule has 2 N–H and O–H groups in total. The lowest BCUT2D eigenvalue weighted by Crippen LogP contribution is -2.53. The van der Waals surface area contributed by atoms with Gasteiger partial charge < -0.3 is 15.4 Å². The van der Waals surface area contributed by atoms with Crippen molar-refractivity contribution in [2.45, 2.75) is 51.5 Å². The number of amides is 2. The van der Waals surface area contributed by atoms with Crippen molar-refractivity contribution >= 4 is 17.8 Å². The third-order valence-electron chi connectivity index (χ3n) is 7.02. The number of carbonyl (C=O) groups excluding carboxylic acids is 3. The van der Waals surface area contributed by atoms with Crippen LogP contribution in [-0.4, -0.2) is 31.4 Å². The lowest BCUT2D eigenvalue weighted by Gasteiger charge is -2.55. The zero-order valence-electron chi connectivity index (χ0n) is 17.0. The van der Waals surface area contributed by atoms with Gasteiger partial charge in [-0.2, -0.15) is 0 Å². The second-order valence-corrected chi connectivity index (χ2v) is 9.17. The zero-order chi connectivity index (χ0) is 20.4. The van der Waals surface area contributed by atoms with Crippen LogP contribution >= 0.6 is 0 Å². The SMILES string of the molecule is COC(=O)c1ccc(CNC(=O)CCNC(=O)C23CC4CC(CC(C4)C2)C3)cc1. The van der Waals surface area contributed by atoms with Gasteiger partial charge in [0.15, 0.2) is 0 Å². The molecular weight excluding hydrogens is 368 g/mol. The monoisotopic (exact) mass is 398 g/mol. The molecule has 4 aliphatic carbocycles. The van der Waals surface area contributed by atoms with Crippen molar-refractivity contribution in [3.05, 3.63) is 35.4 Å². The van der Waals surface area contributed by atoms with Crippen molar-refractivity contribution in [3.63, 3.8) is 0 Å². The van der Waals surface area contributed by atoms with E-state index in [4.69, 9.17) is 0 Å². The van der Waals surface area contributed by atoms with Gasteiger partial charge in [0.25, 0.3) is 0 Å². The van der Waals surface area contributed by atoms with Crippen molar-refractivity contribution in [2.75, 3.05) is 13.7 Å². The molecule has 0 unspecified atom stereocenters. The Kier molecular flexibility index (Phi) is 5.61. The van der Waals surface area contributed by atoms with E-state index >= 15 is 0 Å². The molecule has 0 spiro atoms. The van der Waals surface area contributed by atoms with E-state index < -0.39 is 0 Å². The summed E-state index contributed by atoms with van der Waals surface area (Å²) in [4.78, 5) is 36.5. The topological polar surface area (TPSA) is 84.5 Å². The molecule has 156 valence electrons. The molecule has 0 aliphatic heterocycles. The van der Waals surface area contributed by atoms with Crippen LogP contribution in [0.3, 0.4) is 0 Å². The van der Waals surface area contributed by atoms with Crippen molar-refractivity contribution in [2.24, 2.45) is 23.2 Å². The van der Waals surface area contributed by atoms with Gasteiger partial charge in [0.05, 0.1) is 12.7 Å². The normalized spacial score (nSPS) is 29.3. The smallest absolute Gasteiger partial charge is 0.337 e. The van der Waals surface area contributed by atoms with Gasteiger partial charge in [-0.3, -0.25) is 9.59 Å². The molecule has 0 aromatic heterocycles. The molecule has 5 rings (SSSR count). The standard InChI is InChI=1S/C23H30N2O4/c1-29-21(27)19-4-2-15(3-5-19)14-25-20(26)6-7-24-22(28)23-11-16-8-17(12-23)10-18(9-16)13-23/h2-5,16-18H,6-14H2,1H3,(H,24,28)(H,25,26). The Morgan fingerprint density at radius 3 is 2.10 bits per heavy atom. The molecule has 6 heteroatoms. The second-order valence-electron chi connectivity index (χ2n) is 9.17. The molecule has 4 aliphatic rings. The molecule has 4 bridgehead atoms. The van der Waals surface area contributed by atoms with Gasteiger partial charge in [-0.1, -0.05) is 12.1 Å². The molecule has 4 saturated carbocycles. The number of ether oxygens (including phenoxy) is 1. The summed E-state index contributed by atoms with van der Waals surface area (Å²) in [5.74, 6) is 1.91. The minimum absolute atomic E-state index is 0.0899. The summed E-state index contributed by atoms with van der Waals surface area (Å²) in [6, 6.07) is 6.95. The molecule has 4 fully saturated rings. The zero-order valence-corrected chi connectivity index (χ0v) is 17.0. The number of carbonyl (C=O) groups is 3. The van der Waals surface area contributed by atoms with Crippen LogP contribution in [0, 0.1) is 23.2 Å². The molecule has 0 atom stereocenters. The predicted octanol–water partition coefficient (Wildman–Crippen LogP) is 2.81. The molecule has 1 aromatic carbocycles. The van der Waals surface area contributed by atoms with Crippen LogP contribution in [-0.2, 0) is 20.9 Å². The Morgan fingerprint density at radius 2 is 1.55 bits per heavy atom. The fraction of sp³-hybridized carbons (Fsp3) is 0.609. The first-order valence-corrected chi connectivity index (χ1v) is 10.7. The lowest BCUT2D eigenvalue weighted by molar-refractivity contribution is -0.146. The molecule has 29 heavy (non-hydrogen) atoms. The molecule has 0 radical (unpaired) electrons. The number of nitrogens with one attached hydrogen (secondary N) is 2. The third kappa shape index (κ3) is 4.31. The Balaban J connectivity index is 1.19. The summed E-state index contributed by atoms with van der Waals surface area (Å²) in [5.41, 5.74) is 1.23. The summed E-state index contributed by atoms with van der Waals surface area (Å²) in [6.45, 7) is 0.775. The number of hydrogen-bond donors (Lipinski definition) is 2. The maximum atomic E-state index is 12.9. The van der Waals surface area contributed by atoms with Crippen LogP contribution in [0.2, 0.25) is 0 Å². The average Bonchev–Trinajstić information content (AvgIpc) is 2.71. The van der Waals surface area contributed by atoms with Gasteiger partial charge in [0.2, 0.25) is 11.8 Å². The highest BCUT2D eigenvalue weighted by molar-refractivity contribution is 5.89. The fourth-order valence-electron chi connectivity index (χ4n) is 6.03. The van der Waals surface area contributed by atoms with Gasteiger partial charge in [-0.25, -0.2) is 4.79 Å². The van der Waals surface area contributed by atoms with E-state index in [9.17, 15) is 14.4 Å². The Morgan fingerprint density at radius 1 is 0.966 bits per heavy atom. The van der Waals surface area contributed by atoms with E-state index in [1.807, 2.05) is 0 Å². The number of hydrogen-bond acceptors (Lipinski definition) is 4. The van der Waals surface area contributed by atoms with Gasteiger partial charge in [-0.05, 0) is 74.0 Å².